The average molecular weight is 494 g/mol. The minimum Gasteiger partial charge on any atom is -0.431 e. The summed E-state index contributed by atoms with van der Waals surface area (Å²) in [5.74, 6) is -0.123. The van der Waals surface area contributed by atoms with Gasteiger partial charge in [0.25, 0.3) is 11.6 Å². The number of nitrogens with one attached hydrogen (secondary N) is 1. The maximum Gasteiger partial charge on any atom is 0.435 e. The third kappa shape index (κ3) is 5.11. The van der Waals surface area contributed by atoms with Gasteiger partial charge in [-0.05, 0) is 6.92 Å². The lowest BCUT2D eigenvalue weighted by atomic mass is 10.2. The van der Waals surface area contributed by atoms with Crippen LogP contribution in [-0.4, -0.2) is 75.2 Å². The number of alkyl halides is 3. The molecule has 1 amide bonds. The molecule has 1 fully saturated rings. The van der Waals surface area contributed by atoms with Crippen molar-refractivity contribution in [1.82, 2.24) is 29.9 Å². The highest BCUT2D eigenvalue weighted by atomic mass is 19.4. The zero-order valence-corrected chi connectivity index (χ0v) is 18.6. The summed E-state index contributed by atoms with van der Waals surface area (Å²) in [5.41, 5.74) is -2.14. The predicted octanol–water partition coefficient (Wildman–Crippen LogP) is 1.31. The Balaban J connectivity index is 1.28. The Hall–Kier alpha value is -3.93. The molecule has 1 saturated heterocycles. The monoisotopic (exact) mass is 494 g/mol. The molecular formula is C20H21F3N8O4. The van der Waals surface area contributed by atoms with E-state index in [1.807, 2.05) is 16.1 Å². The molecule has 0 saturated carbocycles. The quantitative estimate of drug-likeness (QED) is 0.480. The highest BCUT2D eigenvalue weighted by Gasteiger charge is 2.38. The van der Waals surface area contributed by atoms with Gasteiger partial charge < -0.3 is 19.0 Å². The number of carbonyl (C=O) groups is 1. The van der Waals surface area contributed by atoms with Crippen molar-refractivity contribution in [3.8, 4) is 6.07 Å². The van der Waals surface area contributed by atoms with Crippen LogP contribution in [0.4, 0.5) is 19.2 Å². The Labute approximate surface area is 195 Å². The van der Waals surface area contributed by atoms with Gasteiger partial charge in [0.15, 0.2) is 11.4 Å². The van der Waals surface area contributed by atoms with Gasteiger partial charge in [0.2, 0.25) is 5.91 Å². The highest BCUT2D eigenvalue weighted by Crippen LogP contribution is 2.33. The van der Waals surface area contributed by atoms with E-state index in [4.69, 9.17) is 14.4 Å². The van der Waals surface area contributed by atoms with Crippen LogP contribution >= 0.6 is 0 Å². The number of nitriles is 1. The van der Waals surface area contributed by atoms with Crippen molar-refractivity contribution < 1.29 is 27.1 Å². The number of carbonyl (C=O) groups excluding carboxylic acids is 1. The number of fused-ring (bicyclic) bond motifs is 1. The van der Waals surface area contributed by atoms with Crippen LogP contribution in [0, 0.1) is 11.3 Å². The molecule has 35 heavy (non-hydrogen) atoms. The molecule has 1 aliphatic rings. The summed E-state index contributed by atoms with van der Waals surface area (Å²) in [5, 5.41) is 17.4. The van der Waals surface area contributed by atoms with E-state index in [9.17, 15) is 22.8 Å². The molecule has 0 radical (unpaired) electrons. The zero-order chi connectivity index (χ0) is 25.2. The lowest BCUT2D eigenvalue weighted by Crippen LogP contribution is -2.49. The summed E-state index contributed by atoms with van der Waals surface area (Å²) in [7, 11) is 0. The van der Waals surface area contributed by atoms with Crippen molar-refractivity contribution >= 4 is 22.8 Å². The minimum atomic E-state index is -4.81. The number of amides is 1. The fourth-order valence-corrected chi connectivity index (χ4v) is 3.79. The number of hydrogen-bond acceptors (Lipinski definition) is 9. The molecule has 0 bridgehead atoms. The van der Waals surface area contributed by atoms with Crippen LogP contribution in [0.15, 0.2) is 21.7 Å². The van der Waals surface area contributed by atoms with Gasteiger partial charge in [-0.25, -0.2) is 5.10 Å². The number of anilines is 1. The first-order chi connectivity index (χ1) is 16.7. The number of aromatic amines is 1. The van der Waals surface area contributed by atoms with E-state index >= 15 is 0 Å². The van der Waals surface area contributed by atoms with Gasteiger partial charge in [0, 0.05) is 26.2 Å². The van der Waals surface area contributed by atoms with Crippen LogP contribution < -0.4 is 10.5 Å². The number of H-pyrrole nitrogens is 1. The van der Waals surface area contributed by atoms with Crippen molar-refractivity contribution in [2.24, 2.45) is 0 Å². The molecule has 1 unspecified atom stereocenters. The Morgan fingerprint density at radius 2 is 2.09 bits per heavy atom. The molecule has 3 aromatic heterocycles. The summed E-state index contributed by atoms with van der Waals surface area (Å²) < 4.78 is 51.9. The molecule has 1 aliphatic heterocycles. The second-order valence-corrected chi connectivity index (χ2v) is 7.92. The topological polar surface area (TPSA) is 146 Å². The van der Waals surface area contributed by atoms with Crippen molar-refractivity contribution in [2.45, 2.75) is 25.6 Å². The molecule has 0 aliphatic carbocycles. The summed E-state index contributed by atoms with van der Waals surface area (Å²) in [6.45, 7) is 3.52. The lowest BCUT2D eigenvalue weighted by molar-refractivity contribution is -0.140. The van der Waals surface area contributed by atoms with Gasteiger partial charge in [-0.1, -0.05) is 0 Å². The highest BCUT2D eigenvalue weighted by molar-refractivity contribution is 5.80. The number of ether oxygens (including phenoxy) is 1. The first-order valence-corrected chi connectivity index (χ1v) is 10.7. The van der Waals surface area contributed by atoms with E-state index in [-0.39, 0.29) is 36.8 Å². The summed E-state index contributed by atoms with van der Waals surface area (Å²) in [6, 6.07) is 1.59. The molecule has 1 atom stereocenters. The third-order valence-corrected chi connectivity index (χ3v) is 5.54. The van der Waals surface area contributed by atoms with E-state index in [0.717, 1.165) is 10.9 Å². The average Bonchev–Trinajstić information content (AvgIpc) is 3.47. The molecule has 15 heteroatoms. The predicted molar refractivity (Wildman–Crippen MR) is 113 cm³/mol. The number of aromatic nitrogens is 5. The molecular weight excluding hydrogens is 473 g/mol. The van der Waals surface area contributed by atoms with Crippen LogP contribution in [0.1, 0.15) is 30.8 Å². The molecule has 12 nitrogen and oxygen atoms in total. The van der Waals surface area contributed by atoms with Crippen molar-refractivity contribution in [3.63, 3.8) is 0 Å². The van der Waals surface area contributed by atoms with Crippen LogP contribution in [0.2, 0.25) is 0 Å². The second kappa shape index (κ2) is 9.74. The van der Waals surface area contributed by atoms with E-state index in [1.165, 1.54) is 6.26 Å². The maximum absolute atomic E-state index is 13.3. The number of piperazine rings is 1. The molecule has 3 aromatic rings. The number of oxazole rings is 1. The molecule has 1 N–H and O–H groups in total. The first kappa shape index (κ1) is 24.2. The van der Waals surface area contributed by atoms with Gasteiger partial charge in [-0.2, -0.15) is 33.6 Å². The molecule has 0 aromatic carbocycles. The Bertz CT molecular complexity index is 1300. The Morgan fingerprint density at radius 1 is 1.34 bits per heavy atom. The van der Waals surface area contributed by atoms with Gasteiger partial charge in [-0.3, -0.25) is 14.3 Å². The number of hydrogen-bond donors (Lipinski definition) is 1. The fourth-order valence-electron chi connectivity index (χ4n) is 3.79. The van der Waals surface area contributed by atoms with Crippen LogP contribution in [-0.2, 0) is 15.7 Å². The van der Waals surface area contributed by atoms with Gasteiger partial charge in [-0.15, -0.1) is 0 Å². The zero-order valence-electron chi connectivity index (χ0n) is 18.6. The van der Waals surface area contributed by atoms with E-state index < -0.39 is 28.9 Å². The fraction of sp³-hybridized carbons (Fsp3) is 0.500. The number of rotatable bonds is 7. The number of halogens is 3. The van der Waals surface area contributed by atoms with Gasteiger partial charge in [0.05, 0.1) is 37.4 Å². The SMILES string of the molecule is CC(COCCC(=O)N1CCN(c2nc(C#N)co2)CC1)n1nc(C(F)(F)F)c2c(=O)[nH]ncc21. The molecule has 186 valence electrons. The first-order valence-electron chi connectivity index (χ1n) is 10.7. The van der Waals surface area contributed by atoms with Crippen molar-refractivity contribution in [1.29, 1.82) is 5.26 Å². The lowest BCUT2D eigenvalue weighted by Gasteiger charge is -2.33. The second-order valence-electron chi connectivity index (χ2n) is 7.92. The third-order valence-electron chi connectivity index (χ3n) is 5.54. The summed E-state index contributed by atoms with van der Waals surface area (Å²) >= 11 is 0. The van der Waals surface area contributed by atoms with Crippen LogP contribution in [0.3, 0.4) is 0 Å². The van der Waals surface area contributed by atoms with Crippen molar-refractivity contribution in [3.05, 3.63) is 34.2 Å². The standard InChI is InChI=1S/C20H21F3N8O4/c1-12(31-14-9-25-27-18(33)16(14)17(28-31)20(21,22)23)10-34-7-2-15(32)29-3-5-30(6-4-29)19-26-13(8-24)11-35-19/h9,11-12H,2-7,10H2,1H3,(H,27,33). The van der Waals surface area contributed by atoms with E-state index in [2.05, 4.69) is 15.2 Å². The largest absolute Gasteiger partial charge is 0.435 e. The van der Waals surface area contributed by atoms with Crippen LogP contribution in [0.5, 0.6) is 0 Å². The van der Waals surface area contributed by atoms with E-state index in [1.54, 1.807) is 11.8 Å². The smallest absolute Gasteiger partial charge is 0.431 e. The number of nitrogens with zero attached hydrogens (tertiary/aromatic N) is 7. The minimum absolute atomic E-state index is 0.0205. The normalized spacial score (nSPS) is 15.4. The Morgan fingerprint density at radius 3 is 2.74 bits per heavy atom. The van der Waals surface area contributed by atoms with Crippen LogP contribution in [0.25, 0.3) is 10.9 Å². The van der Waals surface area contributed by atoms with Crippen molar-refractivity contribution in [2.75, 3.05) is 44.3 Å². The van der Waals surface area contributed by atoms with E-state index in [0.29, 0.717) is 32.2 Å². The molecule has 0 spiro atoms. The summed E-state index contributed by atoms with van der Waals surface area (Å²) in [6.07, 6.45) is -2.33. The molecule has 4 heterocycles. The molecule has 4 rings (SSSR count). The Kier molecular flexibility index (Phi) is 6.74. The maximum atomic E-state index is 13.3. The summed E-state index contributed by atoms with van der Waals surface area (Å²) in [4.78, 5) is 32.0. The van der Waals surface area contributed by atoms with Gasteiger partial charge >= 0.3 is 6.18 Å². The van der Waals surface area contributed by atoms with Gasteiger partial charge in [0.1, 0.15) is 17.7 Å².